The molecule has 1 atom stereocenters. The van der Waals surface area contributed by atoms with Crippen LogP contribution in [-0.2, 0) is 22.6 Å². The second kappa shape index (κ2) is 7.05. The number of hydrogen-bond donors (Lipinski definition) is 1. The van der Waals surface area contributed by atoms with E-state index < -0.39 is 18.1 Å². The summed E-state index contributed by atoms with van der Waals surface area (Å²) in [6.45, 7) is 0.106. The molecule has 0 bridgehead atoms. The van der Waals surface area contributed by atoms with Crippen LogP contribution in [0.1, 0.15) is 17.5 Å². The number of amides is 1. The van der Waals surface area contributed by atoms with E-state index in [-0.39, 0.29) is 6.61 Å². The summed E-state index contributed by atoms with van der Waals surface area (Å²) < 4.78 is 6.24. The van der Waals surface area contributed by atoms with E-state index >= 15 is 0 Å². The van der Waals surface area contributed by atoms with Gasteiger partial charge in [0, 0.05) is 4.47 Å². The van der Waals surface area contributed by atoms with Gasteiger partial charge in [-0.1, -0.05) is 46.3 Å². The molecule has 0 saturated carbocycles. The third-order valence-electron chi connectivity index (χ3n) is 3.99. The van der Waals surface area contributed by atoms with Gasteiger partial charge in [-0.15, -0.1) is 0 Å². The van der Waals surface area contributed by atoms with Crippen molar-refractivity contribution < 1.29 is 19.4 Å². The Morgan fingerprint density at radius 2 is 1.96 bits per heavy atom. The van der Waals surface area contributed by atoms with Crippen LogP contribution in [0, 0.1) is 0 Å². The van der Waals surface area contributed by atoms with Crippen LogP contribution in [0.3, 0.4) is 0 Å². The lowest BCUT2D eigenvalue weighted by molar-refractivity contribution is -0.138. The minimum atomic E-state index is -1.03. The summed E-state index contributed by atoms with van der Waals surface area (Å²) in [6, 6.07) is 13.8. The summed E-state index contributed by atoms with van der Waals surface area (Å²) in [6.07, 6.45) is 0.322. The van der Waals surface area contributed by atoms with Crippen LogP contribution in [0.4, 0.5) is 10.5 Å². The molecule has 2 aromatic rings. The Kier molecular flexibility index (Phi) is 4.85. The molecule has 1 heterocycles. The predicted octanol–water partition coefficient (Wildman–Crippen LogP) is 3.99. The molecule has 24 heavy (non-hydrogen) atoms. The van der Waals surface area contributed by atoms with Gasteiger partial charge in [0.15, 0.2) is 0 Å². The fraction of sp³-hybridized carbons (Fsp3) is 0.222. The van der Waals surface area contributed by atoms with Crippen molar-refractivity contribution >= 4 is 33.7 Å². The van der Waals surface area contributed by atoms with E-state index in [4.69, 9.17) is 4.74 Å². The summed E-state index contributed by atoms with van der Waals surface area (Å²) in [5.74, 6) is -1.03. The maximum absolute atomic E-state index is 12.6. The quantitative estimate of drug-likeness (QED) is 0.861. The first-order valence-electron chi connectivity index (χ1n) is 7.57. The summed E-state index contributed by atoms with van der Waals surface area (Å²) in [4.78, 5) is 25.4. The molecule has 124 valence electrons. The van der Waals surface area contributed by atoms with E-state index in [1.54, 1.807) is 12.1 Å². The van der Waals surface area contributed by atoms with Crippen molar-refractivity contribution in [1.29, 1.82) is 0 Å². The highest BCUT2D eigenvalue weighted by Crippen LogP contribution is 2.33. The van der Waals surface area contributed by atoms with Gasteiger partial charge >= 0.3 is 12.1 Å². The average Bonchev–Trinajstić information content (AvgIpc) is 2.59. The Labute approximate surface area is 148 Å². The van der Waals surface area contributed by atoms with E-state index in [1.807, 2.05) is 36.4 Å². The molecule has 0 fully saturated rings. The Morgan fingerprint density at radius 3 is 2.67 bits per heavy atom. The second-order valence-electron chi connectivity index (χ2n) is 5.58. The molecule has 2 aromatic carbocycles. The fourth-order valence-electron chi connectivity index (χ4n) is 2.83. The summed E-state index contributed by atoms with van der Waals surface area (Å²) in [5.41, 5.74) is 2.37. The van der Waals surface area contributed by atoms with Crippen molar-refractivity contribution in [2.75, 3.05) is 4.90 Å². The number of hydrogen-bond acceptors (Lipinski definition) is 3. The topological polar surface area (TPSA) is 66.8 Å². The number of aliphatic carboxylic acids is 1. The van der Waals surface area contributed by atoms with Gasteiger partial charge in [0.05, 0.1) is 5.69 Å². The first-order valence-corrected chi connectivity index (χ1v) is 8.36. The third kappa shape index (κ3) is 3.43. The van der Waals surface area contributed by atoms with Gasteiger partial charge in [-0.2, -0.15) is 0 Å². The number of benzene rings is 2. The van der Waals surface area contributed by atoms with Crippen LogP contribution in [0.2, 0.25) is 0 Å². The predicted molar refractivity (Wildman–Crippen MR) is 93.0 cm³/mol. The zero-order chi connectivity index (χ0) is 17.1. The largest absolute Gasteiger partial charge is 0.480 e. The van der Waals surface area contributed by atoms with E-state index in [0.29, 0.717) is 18.5 Å². The molecule has 0 unspecified atom stereocenters. The lowest BCUT2D eigenvalue weighted by Crippen LogP contribution is -2.48. The van der Waals surface area contributed by atoms with Gasteiger partial charge in [-0.25, -0.2) is 9.59 Å². The highest BCUT2D eigenvalue weighted by Gasteiger charge is 2.36. The van der Waals surface area contributed by atoms with Crippen molar-refractivity contribution in [1.82, 2.24) is 0 Å². The molecule has 0 aliphatic carbocycles. The van der Waals surface area contributed by atoms with Crippen LogP contribution in [0.15, 0.2) is 53.0 Å². The molecule has 0 saturated heterocycles. The number of anilines is 1. The molecular formula is C18H16BrNO4. The highest BCUT2D eigenvalue weighted by molar-refractivity contribution is 9.10. The molecule has 0 aromatic heterocycles. The van der Waals surface area contributed by atoms with E-state index in [2.05, 4.69) is 15.9 Å². The number of rotatable bonds is 3. The van der Waals surface area contributed by atoms with Crippen LogP contribution in [0.5, 0.6) is 0 Å². The van der Waals surface area contributed by atoms with Crippen molar-refractivity contribution in [3.05, 3.63) is 64.1 Å². The lowest BCUT2D eigenvalue weighted by atomic mass is 9.96. The normalized spacial score (nSPS) is 16.4. The SMILES string of the molecule is O=C(O)[C@@H]1CCc2cc(Br)ccc2N1C(=O)OCc1ccccc1. The number of carboxylic acid groups (broad SMARTS) is 1. The van der Waals surface area contributed by atoms with Gasteiger partial charge in [0.1, 0.15) is 12.6 Å². The Hall–Kier alpha value is -2.34. The standard InChI is InChI=1S/C18H16BrNO4/c19-14-7-9-15-13(10-14)6-8-16(17(21)22)20(15)18(23)24-11-12-4-2-1-3-5-12/h1-5,7,9-10,16H,6,8,11H2,(H,21,22)/t16-/m0/s1. The van der Waals surface area contributed by atoms with E-state index in [9.17, 15) is 14.7 Å². The molecule has 1 N–H and O–H groups in total. The highest BCUT2D eigenvalue weighted by atomic mass is 79.9. The third-order valence-corrected chi connectivity index (χ3v) is 4.48. The summed E-state index contributed by atoms with van der Waals surface area (Å²) in [7, 11) is 0. The maximum atomic E-state index is 12.6. The van der Waals surface area contributed by atoms with Crippen molar-refractivity contribution in [3.63, 3.8) is 0 Å². The van der Waals surface area contributed by atoms with Gasteiger partial charge in [0.25, 0.3) is 0 Å². The maximum Gasteiger partial charge on any atom is 0.415 e. The summed E-state index contributed by atoms with van der Waals surface area (Å²) >= 11 is 3.40. The Bertz CT molecular complexity index is 763. The fourth-order valence-corrected chi connectivity index (χ4v) is 3.24. The first-order chi connectivity index (χ1) is 11.6. The van der Waals surface area contributed by atoms with Crippen molar-refractivity contribution in [2.24, 2.45) is 0 Å². The lowest BCUT2D eigenvalue weighted by Gasteiger charge is -2.34. The minimum Gasteiger partial charge on any atom is -0.480 e. The van der Waals surface area contributed by atoms with E-state index in [1.165, 1.54) is 4.90 Å². The molecule has 1 aliphatic heterocycles. The average molecular weight is 390 g/mol. The molecule has 3 rings (SSSR count). The second-order valence-corrected chi connectivity index (χ2v) is 6.49. The molecule has 1 amide bonds. The van der Waals surface area contributed by atoms with Gasteiger partial charge in [-0.05, 0) is 42.2 Å². The van der Waals surface area contributed by atoms with E-state index in [0.717, 1.165) is 15.6 Å². The zero-order valence-corrected chi connectivity index (χ0v) is 14.4. The van der Waals surface area contributed by atoms with Crippen LogP contribution in [0.25, 0.3) is 0 Å². The number of halogens is 1. The molecule has 0 spiro atoms. The number of fused-ring (bicyclic) bond motifs is 1. The van der Waals surface area contributed by atoms with Gasteiger partial charge < -0.3 is 9.84 Å². The zero-order valence-electron chi connectivity index (χ0n) is 12.8. The summed E-state index contributed by atoms with van der Waals surface area (Å²) in [5, 5.41) is 9.46. The number of carboxylic acids is 1. The molecule has 5 nitrogen and oxygen atoms in total. The van der Waals surface area contributed by atoms with Crippen LogP contribution < -0.4 is 4.90 Å². The smallest absolute Gasteiger partial charge is 0.415 e. The number of nitrogens with zero attached hydrogens (tertiary/aromatic N) is 1. The van der Waals surface area contributed by atoms with Gasteiger partial charge in [0.2, 0.25) is 0 Å². The molecule has 6 heteroatoms. The monoisotopic (exact) mass is 389 g/mol. The van der Waals surface area contributed by atoms with Crippen molar-refractivity contribution in [2.45, 2.75) is 25.5 Å². The van der Waals surface area contributed by atoms with Crippen molar-refractivity contribution in [3.8, 4) is 0 Å². The van der Waals surface area contributed by atoms with Gasteiger partial charge in [-0.3, -0.25) is 4.90 Å². The Morgan fingerprint density at radius 1 is 1.21 bits per heavy atom. The minimum absolute atomic E-state index is 0.106. The number of carbonyl (C=O) groups excluding carboxylic acids is 1. The first kappa shape index (κ1) is 16.5. The number of carbonyl (C=O) groups is 2. The van der Waals surface area contributed by atoms with Crippen LogP contribution in [-0.4, -0.2) is 23.2 Å². The molecular weight excluding hydrogens is 374 g/mol. The number of ether oxygens (including phenoxy) is 1. The Balaban J connectivity index is 1.84. The van der Waals surface area contributed by atoms with Crippen LogP contribution >= 0.6 is 15.9 Å². The molecule has 0 radical (unpaired) electrons. The number of aryl methyl sites for hydroxylation is 1. The molecule has 1 aliphatic rings.